The number of amides is 1. The van der Waals surface area contributed by atoms with Crippen molar-refractivity contribution in [3.63, 3.8) is 0 Å². The number of pyridine rings is 1. The van der Waals surface area contributed by atoms with Crippen LogP contribution in [0.3, 0.4) is 0 Å². The summed E-state index contributed by atoms with van der Waals surface area (Å²) >= 11 is 6.20. The van der Waals surface area contributed by atoms with Crippen LogP contribution in [0, 0.1) is 11.3 Å². The first-order valence-corrected chi connectivity index (χ1v) is 9.94. The van der Waals surface area contributed by atoms with Gasteiger partial charge >= 0.3 is 0 Å². The van der Waals surface area contributed by atoms with Crippen molar-refractivity contribution in [2.75, 3.05) is 37.9 Å². The fourth-order valence-electron chi connectivity index (χ4n) is 3.92. The molecule has 0 atom stereocenters. The standard InChI is InChI=1S/C22H17ClN4O3/c23-16-2-3-18-17(10-16)21(15(11-24)12-25-18)26-5-7-27(8-6-26)22(28)14-1-4-19-20(9-14)30-13-29-19/h1-4,9-10,12H,5-8,13H2. The second-order valence-corrected chi connectivity index (χ2v) is 7.58. The van der Waals surface area contributed by atoms with Crippen LogP contribution in [-0.2, 0) is 0 Å². The quantitative estimate of drug-likeness (QED) is 0.631. The Hall–Kier alpha value is -3.50. The third-order valence-corrected chi connectivity index (χ3v) is 5.66. The van der Waals surface area contributed by atoms with Crippen LogP contribution in [0.15, 0.2) is 42.6 Å². The molecule has 1 aromatic heterocycles. The highest BCUT2D eigenvalue weighted by Gasteiger charge is 2.26. The number of hydrogen-bond acceptors (Lipinski definition) is 6. The third-order valence-electron chi connectivity index (χ3n) is 5.42. The third kappa shape index (κ3) is 3.15. The summed E-state index contributed by atoms with van der Waals surface area (Å²) in [5, 5.41) is 11.0. The Labute approximate surface area is 178 Å². The molecule has 2 aliphatic heterocycles. The van der Waals surface area contributed by atoms with E-state index >= 15 is 0 Å². The van der Waals surface area contributed by atoms with Crippen LogP contribution in [0.25, 0.3) is 10.9 Å². The fourth-order valence-corrected chi connectivity index (χ4v) is 4.09. The molecule has 2 aromatic carbocycles. The molecule has 0 bridgehead atoms. The number of fused-ring (bicyclic) bond motifs is 2. The van der Waals surface area contributed by atoms with Crippen LogP contribution in [0.4, 0.5) is 5.69 Å². The molecule has 7 nitrogen and oxygen atoms in total. The fraction of sp³-hybridized carbons (Fsp3) is 0.227. The van der Waals surface area contributed by atoms with Gasteiger partial charge in [-0.05, 0) is 36.4 Å². The number of aromatic nitrogens is 1. The summed E-state index contributed by atoms with van der Waals surface area (Å²) in [7, 11) is 0. The minimum atomic E-state index is -0.0453. The molecule has 0 unspecified atom stereocenters. The molecule has 3 heterocycles. The molecule has 30 heavy (non-hydrogen) atoms. The van der Waals surface area contributed by atoms with Crippen molar-refractivity contribution in [1.82, 2.24) is 9.88 Å². The summed E-state index contributed by atoms with van der Waals surface area (Å²) < 4.78 is 10.7. The number of nitrogens with zero attached hydrogens (tertiary/aromatic N) is 4. The van der Waals surface area contributed by atoms with Crippen molar-refractivity contribution in [2.45, 2.75) is 0 Å². The molecule has 8 heteroatoms. The average Bonchev–Trinajstić information content (AvgIpc) is 3.26. The van der Waals surface area contributed by atoms with Gasteiger partial charge < -0.3 is 19.3 Å². The first kappa shape index (κ1) is 18.5. The molecule has 5 rings (SSSR count). The summed E-state index contributed by atoms with van der Waals surface area (Å²) in [5.41, 5.74) is 2.68. The molecule has 1 amide bonds. The molecule has 3 aromatic rings. The van der Waals surface area contributed by atoms with E-state index in [4.69, 9.17) is 21.1 Å². The van der Waals surface area contributed by atoms with E-state index in [-0.39, 0.29) is 12.7 Å². The molecule has 1 saturated heterocycles. The van der Waals surface area contributed by atoms with E-state index in [9.17, 15) is 10.1 Å². The van der Waals surface area contributed by atoms with Gasteiger partial charge in [-0.15, -0.1) is 0 Å². The van der Waals surface area contributed by atoms with Crippen molar-refractivity contribution in [2.24, 2.45) is 0 Å². The van der Waals surface area contributed by atoms with Gasteiger partial charge in [-0.3, -0.25) is 9.78 Å². The molecule has 0 aliphatic carbocycles. The lowest BCUT2D eigenvalue weighted by atomic mass is 10.1. The molecule has 0 N–H and O–H groups in total. The van der Waals surface area contributed by atoms with E-state index in [1.165, 1.54) is 0 Å². The second kappa shape index (κ2) is 7.39. The summed E-state index contributed by atoms with van der Waals surface area (Å²) in [5.74, 6) is 1.21. The van der Waals surface area contributed by atoms with E-state index < -0.39 is 0 Å². The van der Waals surface area contributed by atoms with Crippen LogP contribution >= 0.6 is 11.6 Å². The van der Waals surface area contributed by atoms with Crippen molar-refractivity contribution in [3.05, 3.63) is 58.7 Å². The Balaban J connectivity index is 1.38. The Morgan fingerprint density at radius 2 is 1.87 bits per heavy atom. The lowest BCUT2D eigenvalue weighted by Crippen LogP contribution is -2.49. The second-order valence-electron chi connectivity index (χ2n) is 7.14. The first-order chi connectivity index (χ1) is 14.6. The van der Waals surface area contributed by atoms with Gasteiger partial charge in [0, 0.05) is 48.3 Å². The maximum absolute atomic E-state index is 13.0. The number of carbonyl (C=O) groups is 1. The summed E-state index contributed by atoms with van der Waals surface area (Å²) in [6, 6.07) is 13.0. The predicted molar refractivity (Wildman–Crippen MR) is 112 cm³/mol. The minimum Gasteiger partial charge on any atom is -0.454 e. The van der Waals surface area contributed by atoms with Gasteiger partial charge in [0.25, 0.3) is 5.91 Å². The molecule has 150 valence electrons. The van der Waals surface area contributed by atoms with Gasteiger partial charge in [-0.2, -0.15) is 5.26 Å². The van der Waals surface area contributed by atoms with Gasteiger partial charge in [-0.1, -0.05) is 11.6 Å². The van der Waals surface area contributed by atoms with Gasteiger partial charge in [0.1, 0.15) is 6.07 Å². The number of ether oxygens (including phenoxy) is 2. The molecule has 1 fully saturated rings. The Morgan fingerprint density at radius 3 is 2.67 bits per heavy atom. The number of benzene rings is 2. The summed E-state index contributed by atoms with van der Waals surface area (Å²) in [6.45, 7) is 2.48. The average molecular weight is 421 g/mol. The molecule has 0 radical (unpaired) electrons. The zero-order valence-electron chi connectivity index (χ0n) is 16.0. The molecule has 2 aliphatic rings. The topological polar surface area (TPSA) is 78.7 Å². The van der Waals surface area contributed by atoms with Crippen molar-refractivity contribution in [3.8, 4) is 17.6 Å². The SMILES string of the molecule is N#Cc1cnc2ccc(Cl)cc2c1N1CCN(C(=O)c2ccc3c(c2)OCO3)CC1. The normalized spacial score (nSPS) is 15.3. The van der Waals surface area contributed by atoms with E-state index in [0.29, 0.717) is 53.8 Å². The van der Waals surface area contributed by atoms with E-state index in [2.05, 4.69) is 16.0 Å². The highest BCUT2D eigenvalue weighted by Crippen LogP contribution is 2.34. The van der Waals surface area contributed by atoms with Gasteiger partial charge in [-0.25, -0.2) is 0 Å². The van der Waals surface area contributed by atoms with Crippen LogP contribution in [0.2, 0.25) is 5.02 Å². The van der Waals surface area contributed by atoms with Gasteiger partial charge in [0.2, 0.25) is 6.79 Å². The van der Waals surface area contributed by atoms with Crippen LogP contribution in [0.1, 0.15) is 15.9 Å². The molecular formula is C22H17ClN4O3. The predicted octanol–water partition coefficient (Wildman–Crippen LogP) is 3.45. The number of halogens is 1. The van der Waals surface area contributed by atoms with Crippen molar-refractivity contribution >= 4 is 34.1 Å². The maximum atomic E-state index is 13.0. The van der Waals surface area contributed by atoms with Gasteiger partial charge in [0.05, 0.1) is 16.8 Å². The molecular weight excluding hydrogens is 404 g/mol. The number of rotatable bonds is 2. The van der Waals surface area contributed by atoms with Crippen LogP contribution < -0.4 is 14.4 Å². The van der Waals surface area contributed by atoms with E-state index in [1.54, 1.807) is 30.5 Å². The Kier molecular flexibility index (Phi) is 4.57. The van der Waals surface area contributed by atoms with Crippen LogP contribution in [-0.4, -0.2) is 48.8 Å². The maximum Gasteiger partial charge on any atom is 0.254 e. The van der Waals surface area contributed by atoms with Gasteiger partial charge in [0.15, 0.2) is 11.5 Å². The number of anilines is 1. The highest BCUT2D eigenvalue weighted by atomic mass is 35.5. The number of piperazine rings is 1. The summed E-state index contributed by atoms with van der Waals surface area (Å²) in [4.78, 5) is 21.3. The lowest BCUT2D eigenvalue weighted by Gasteiger charge is -2.37. The zero-order chi connectivity index (χ0) is 20.7. The van der Waals surface area contributed by atoms with E-state index in [1.807, 2.05) is 17.0 Å². The lowest BCUT2D eigenvalue weighted by molar-refractivity contribution is 0.0746. The molecule has 0 spiro atoms. The van der Waals surface area contributed by atoms with E-state index in [0.717, 1.165) is 16.6 Å². The smallest absolute Gasteiger partial charge is 0.254 e. The highest BCUT2D eigenvalue weighted by molar-refractivity contribution is 6.31. The minimum absolute atomic E-state index is 0.0453. The van der Waals surface area contributed by atoms with Crippen molar-refractivity contribution < 1.29 is 14.3 Å². The largest absolute Gasteiger partial charge is 0.454 e. The number of carbonyl (C=O) groups excluding carboxylic acids is 1. The van der Waals surface area contributed by atoms with Crippen molar-refractivity contribution in [1.29, 1.82) is 5.26 Å². The molecule has 0 saturated carbocycles. The van der Waals surface area contributed by atoms with Crippen LogP contribution in [0.5, 0.6) is 11.5 Å². The Morgan fingerprint density at radius 1 is 1.07 bits per heavy atom. The monoisotopic (exact) mass is 420 g/mol. The summed E-state index contributed by atoms with van der Waals surface area (Å²) in [6.07, 6.45) is 1.59. The zero-order valence-corrected chi connectivity index (χ0v) is 16.7. The number of nitriles is 1. The number of hydrogen-bond donors (Lipinski definition) is 0. The first-order valence-electron chi connectivity index (χ1n) is 9.56. The Bertz CT molecular complexity index is 1200.